The van der Waals surface area contributed by atoms with Crippen molar-refractivity contribution < 1.29 is 14.6 Å². The largest absolute Gasteiger partial charge is 0.346 e. The number of anilines is 1. The van der Waals surface area contributed by atoms with Gasteiger partial charge in [-0.1, -0.05) is 23.2 Å². The van der Waals surface area contributed by atoms with E-state index in [1.54, 1.807) is 12.3 Å². The van der Waals surface area contributed by atoms with Gasteiger partial charge in [0.05, 0.1) is 20.6 Å². The van der Waals surface area contributed by atoms with Gasteiger partial charge in [-0.05, 0) is 42.8 Å². The molecule has 3 heterocycles. The van der Waals surface area contributed by atoms with Crippen LogP contribution in [0.2, 0.25) is 10.0 Å². The number of H-pyrrole nitrogens is 1. The highest BCUT2D eigenvalue weighted by molar-refractivity contribution is 7.92. The molecule has 0 fully saturated rings. The topological polar surface area (TPSA) is 118 Å². The van der Waals surface area contributed by atoms with Crippen molar-refractivity contribution in [3.8, 4) is 0 Å². The molecule has 3 aromatic heterocycles. The van der Waals surface area contributed by atoms with Gasteiger partial charge in [-0.2, -0.15) is 0 Å². The van der Waals surface area contributed by atoms with Crippen LogP contribution in [0.1, 0.15) is 23.1 Å². The minimum absolute atomic E-state index is 0.0624. The number of halogens is 2. The summed E-state index contributed by atoms with van der Waals surface area (Å²) in [7, 11) is -4.13. The number of sulfonamides is 1. The Hall–Kier alpha value is -3.01. The third-order valence-corrected chi connectivity index (χ3v) is 6.28. The monoisotopic (exact) mass is 462 g/mol. The Labute approximate surface area is 182 Å². The van der Waals surface area contributed by atoms with E-state index >= 15 is 0 Å². The van der Waals surface area contributed by atoms with Crippen LogP contribution in [0, 0.1) is 6.90 Å². The molecule has 0 radical (unpaired) electrons. The van der Waals surface area contributed by atoms with Crippen molar-refractivity contribution in [2.45, 2.75) is 11.8 Å². The summed E-state index contributed by atoms with van der Waals surface area (Å²) in [5.74, 6) is -0.602. The molecule has 152 valence electrons. The maximum absolute atomic E-state index is 13.2. The van der Waals surface area contributed by atoms with E-state index in [0.717, 1.165) is 0 Å². The summed E-state index contributed by atoms with van der Waals surface area (Å²) in [5.41, 5.74) is 0.689. The lowest BCUT2D eigenvalue weighted by molar-refractivity contribution is 0.103. The molecule has 11 heteroatoms. The van der Waals surface area contributed by atoms with Crippen molar-refractivity contribution in [2.24, 2.45) is 0 Å². The number of nitrogens with one attached hydrogen (secondary N) is 2. The van der Waals surface area contributed by atoms with Crippen LogP contribution in [0.3, 0.4) is 0 Å². The number of fused-ring (bicyclic) bond motifs is 1. The van der Waals surface area contributed by atoms with Crippen LogP contribution in [-0.4, -0.2) is 34.1 Å². The van der Waals surface area contributed by atoms with Crippen LogP contribution >= 0.6 is 23.2 Å². The summed E-state index contributed by atoms with van der Waals surface area (Å²) in [5, 5.41) is 0.737. The van der Waals surface area contributed by atoms with Gasteiger partial charge in [0.2, 0.25) is 5.78 Å². The first kappa shape index (κ1) is 19.0. The number of hydrogen-bond donors (Lipinski definition) is 2. The summed E-state index contributed by atoms with van der Waals surface area (Å²) >= 11 is 11.8. The van der Waals surface area contributed by atoms with Gasteiger partial charge in [-0.25, -0.2) is 18.4 Å². The molecular formula is C19H13Cl2N5O3S. The fraction of sp³-hybridized carbons (Fsp3) is 0.0526. The number of benzene rings is 1. The minimum atomic E-state index is -4.13. The Morgan fingerprint density at radius 2 is 1.93 bits per heavy atom. The van der Waals surface area contributed by atoms with Crippen molar-refractivity contribution in [3.05, 3.63) is 76.0 Å². The van der Waals surface area contributed by atoms with Gasteiger partial charge in [-0.15, -0.1) is 0 Å². The smallest absolute Gasteiger partial charge is 0.262 e. The third kappa shape index (κ3) is 3.74. The van der Waals surface area contributed by atoms with Crippen molar-refractivity contribution in [2.75, 3.05) is 4.72 Å². The predicted octanol–water partition coefficient (Wildman–Crippen LogP) is 4.00. The molecule has 0 bridgehead atoms. The first-order valence-corrected chi connectivity index (χ1v) is 10.6. The van der Waals surface area contributed by atoms with Gasteiger partial charge in [-0.3, -0.25) is 14.5 Å². The van der Waals surface area contributed by atoms with Gasteiger partial charge >= 0.3 is 0 Å². The van der Waals surface area contributed by atoms with E-state index in [4.69, 9.17) is 24.6 Å². The molecule has 8 nitrogen and oxygen atoms in total. The van der Waals surface area contributed by atoms with E-state index in [-0.39, 0.29) is 38.9 Å². The summed E-state index contributed by atoms with van der Waals surface area (Å²) < 4.78 is 35.8. The van der Waals surface area contributed by atoms with Gasteiger partial charge in [0.25, 0.3) is 10.0 Å². The molecule has 0 saturated heterocycles. The first-order chi connectivity index (χ1) is 14.8. The minimum Gasteiger partial charge on any atom is -0.346 e. The quantitative estimate of drug-likeness (QED) is 0.432. The SMILES string of the molecule is [2H]Cc1cnc(C(=O)c2ncnc3[nH]ccc23)c(NS(=O)(=O)c2ccc(Cl)c(Cl)c2)c1. The Bertz CT molecular complexity index is 1430. The van der Waals surface area contributed by atoms with E-state index in [0.29, 0.717) is 16.6 Å². The van der Waals surface area contributed by atoms with E-state index in [2.05, 4.69) is 24.7 Å². The number of rotatable bonds is 5. The summed E-state index contributed by atoms with van der Waals surface area (Å²) in [6, 6.07) is 6.86. The molecule has 4 rings (SSSR count). The van der Waals surface area contributed by atoms with Crippen molar-refractivity contribution >= 4 is 55.7 Å². The second-order valence-electron chi connectivity index (χ2n) is 6.21. The van der Waals surface area contributed by atoms with E-state index in [1.807, 2.05) is 0 Å². The molecule has 30 heavy (non-hydrogen) atoms. The average Bonchev–Trinajstić information content (AvgIpc) is 3.23. The Morgan fingerprint density at radius 3 is 2.70 bits per heavy atom. The molecule has 4 aromatic rings. The van der Waals surface area contributed by atoms with Crippen LogP contribution in [0.4, 0.5) is 5.69 Å². The summed E-state index contributed by atoms with van der Waals surface area (Å²) in [4.78, 5) is 28.2. The maximum atomic E-state index is 13.2. The molecule has 2 N–H and O–H groups in total. The summed E-state index contributed by atoms with van der Waals surface area (Å²) in [6.45, 7) is -0.154. The normalized spacial score (nSPS) is 12.0. The fourth-order valence-corrected chi connectivity index (χ4v) is 4.23. The van der Waals surface area contributed by atoms with Gasteiger partial charge < -0.3 is 4.98 Å². The lowest BCUT2D eigenvalue weighted by atomic mass is 10.1. The van der Waals surface area contributed by atoms with Gasteiger partial charge in [0.1, 0.15) is 23.4 Å². The van der Waals surface area contributed by atoms with Crippen molar-refractivity contribution in [3.63, 3.8) is 0 Å². The fourth-order valence-electron chi connectivity index (χ4n) is 2.78. The van der Waals surface area contributed by atoms with E-state index in [9.17, 15) is 13.2 Å². The molecule has 0 aliphatic rings. The molecule has 0 atom stereocenters. The number of aromatic nitrogens is 4. The zero-order valence-electron chi connectivity index (χ0n) is 16.1. The molecular weight excluding hydrogens is 449 g/mol. The number of aromatic amines is 1. The van der Waals surface area contributed by atoms with Crippen LogP contribution in [-0.2, 0) is 10.0 Å². The number of nitrogens with zero attached hydrogens (tertiary/aromatic N) is 3. The lowest BCUT2D eigenvalue weighted by Gasteiger charge is -2.13. The second kappa shape index (κ2) is 7.67. The zero-order valence-corrected chi connectivity index (χ0v) is 17.4. The first-order valence-electron chi connectivity index (χ1n) is 9.09. The standard InChI is InChI=1S/C19H13Cl2N5O3S/c1-10-6-15(26-30(28,29)11-2-3-13(20)14(21)7-11)17(23-8-10)18(27)16-12-4-5-22-19(12)25-9-24-16/h2-9,26H,1H3,(H,22,24,25)/i1D. The molecule has 0 unspecified atom stereocenters. The number of ketones is 1. The van der Waals surface area contributed by atoms with Gasteiger partial charge in [0, 0.05) is 19.2 Å². The van der Waals surface area contributed by atoms with E-state index < -0.39 is 15.8 Å². The Balaban J connectivity index is 1.80. The maximum Gasteiger partial charge on any atom is 0.262 e. The lowest BCUT2D eigenvalue weighted by Crippen LogP contribution is -2.18. The van der Waals surface area contributed by atoms with Crippen LogP contribution in [0.25, 0.3) is 11.0 Å². The molecule has 0 spiro atoms. The molecule has 0 saturated carbocycles. The average molecular weight is 463 g/mol. The highest BCUT2D eigenvalue weighted by atomic mass is 35.5. The highest BCUT2D eigenvalue weighted by Gasteiger charge is 2.24. The highest BCUT2D eigenvalue weighted by Crippen LogP contribution is 2.28. The predicted molar refractivity (Wildman–Crippen MR) is 114 cm³/mol. The Morgan fingerprint density at radius 1 is 1.10 bits per heavy atom. The number of carbonyl (C=O) groups is 1. The second-order valence-corrected chi connectivity index (χ2v) is 8.71. The Kier molecular flexibility index (Phi) is 4.86. The zero-order chi connectivity index (χ0) is 22.2. The van der Waals surface area contributed by atoms with Crippen LogP contribution in [0.5, 0.6) is 0 Å². The van der Waals surface area contributed by atoms with Crippen LogP contribution in [0.15, 0.2) is 53.9 Å². The van der Waals surface area contributed by atoms with Crippen molar-refractivity contribution in [1.29, 1.82) is 0 Å². The van der Waals surface area contributed by atoms with Crippen molar-refractivity contribution in [1.82, 2.24) is 19.9 Å². The molecule has 0 amide bonds. The van der Waals surface area contributed by atoms with Crippen LogP contribution < -0.4 is 4.72 Å². The van der Waals surface area contributed by atoms with Gasteiger partial charge in [0.15, 0.2) is 0 Å². The number of pyridine rings is 1. The molecule has 0 aliphatic heterocycles. The summed E-state index contributed by atoms with van der Waals surface area (Å²) in [6.07, 6.45) is 4.18. The molecule has 0 aliphatic carbocycles. The number of hydrogen-bond acceptors (Lipinski definition) is 6. The third-order valence-electron chi connectivity index (χ3n) is 4.17. The number of carbonyl (C=O) groups excluding carboxylic acids is 1. The number of aryl methyl sites for hydroxylation is 1. The molecule has 1 aromatic carbocycles. The van der Waals surface area contributed by atoms with E-state index in [1.165, 1.54) is 36.8 Å².